The Morgan fingerprint density at radius 3 is 2.50 bits per heavy atom. The van der Waals surface area contributed by atoms with Crippen molar-refractivity contribution in [3.05, 3.63) is 72.3 Å². The number of aromatic nitrogens is 1. The molecular formula is C21H22N2O. The van der Waals surface area contributed by atoms with E-state index in [1.54, 1.807) is 4.90 Å². The molecule has 122 valence electrons. The molecule has 0 atom stereocenters. The zero-order valence-electron chi connectivity index (χ0n) is 14.4. The van der Waals surface area contributed by atoms with Crippen LogP contribution in [0.25, 0.3) is 22.2 Å². The summed E-state index contributed by atoms with van der Waals surface area (Å²) in [5.74, 6) is 0.0128. The SMILES string of the molecule is C=C(C)CN(C)C(=O)c1ccccc1-c1cc2ccccc2n1C. The zero-order valence-corrected chi connectivity index (χ0v) is 14.4. The van der Waals surface area contributed by atoms with Gasteiger partial charge in [-0.15, -0.1) is 0 Å². The normalized spacial score (nSPS) is 10.8. The van der Waals surface area contributed by atoms with Crippen LogP contribution in [0.1, 0.15) is 17.3 Å². The summed E-state index contributed by atoms with van der Waals surface area (Å²) in [6.45, 7) is 6.38. The molecule has 1 heterocycles. The van der Waals surface area contributed by atoms with E-state index < -0.39 is 0 Å². The summed E-state index contributed by atoms with van der Waals surface area (Å²) < 4.78 is 2.14. The average molecular weight is 318 g/mol. The van der Waals surface area contributed by atoms with Crippen LogP contribution < -0.4 is 0 Å². The molecule has 0 spiro atoms. The molecule has 3 rings (SSSR count). The van der Waals surface area contributed by atoms with E-state index in [9.17, 15) is 4.79 Å². The number of hydrogen-bond donors (Lipinski definition) is 0. The van der Waals surface area contributed by atoms with E-state index in [4.69, 9.17) is 0 Å². The summed E-state index contributed by atoms with van der Waals surface area (Å²) in [4.78, 5) is 14.6. The van der Waals surface area contributed by atoms with Gasteiger partial charge >= 0.3 is 0 Å². The van der Waals surface area contributed by atoms with Crippen LogP contribution in [0.15, 0.2) is 66.7 Å². The Morgan fingerprint density at radius 1 is 1.12 bits per heavy atom. The van der Waals surface area contributed by atoms with Crippen molar-refractivity contribution >= 4 is 16.8 Å². The number of carbonyl (C=O) groups excluding carboxylic acids is 1. The number of amides is 1. The standard InChI is InChI=1S/C21H22N2O/c1-15(2)14-22(3)21(24)18-11-7-6-10-17(18)20-13-16-9-5-8-12-19(16)23(20)4/h5-13H,1,14H2,2-4H3. The molecule has 1 amide bonds. The smallest absolute Gasteiger partial charge is 0.254 e. The van der Waals surface area contributed by atoms with Gasteiger partial charge in [-0.25, -0.2) is 0 Å². The molecule has 0 radical (unpaired) electrons. The first-order valence-electron chi connectivity index (χ1n) is 8.02. The van der Waals surface area contributed by atoms with Crippen molar-refractivity contribution in [2.24, 2.45) is 7.05 Å². The third kappa shape index (κ3) is 2.85. The van der Waals surface area contributed by atoms with Crippen molar-refractivity contribution < 1.29 is 4.79 Å². The van der Waals surface area contributed by atoms with E-state index in [0.717, 1.165) is 22.3 Å². The van der Waals surface area contributed by atoms with Crippen LogP contribution in [0.2, 0.25) is 0 Å². The molecule has 0 fully saturated rings. The highest BCUT2D eigenvalue weighted by molar-refractivity contribution is 6.01. The first-order chi connectivity index (χ1) is 11.5. The Morgan fingerprint density at radius 2 is 1.79 bits per heavy atom. The molecule has 0 saturated heterocycles. The van der Waals surface area contributed by atoms with Crippen molar-refractivity contribution in [3.63, 3.8) is 0 Å². The van der Waals surface area contributed by atoms with E-state index in [2.05, 4.69) is 29.3 Å². The number of aryl methyl sites for hydroxylation is 1. The fourth-order valence-corrected chi connectivity index (χ4v) is 3.12. The fraction of sp³-hybridized carbons (Fsp3) is 0.190. The van der Waals surface area contributed by atoms with Gasteiger partial charge < -0.3 is 9.47 Å². The molecule has 3 heteroatoms. The van der Waals surface area contributed by atoms with Gasteiger partial charge in [0, 0.05) is 48.4 Å². The van der Waals surface area contributed by atoms with Gasteiger partial charge in [-0.3, -0.25) is 4.79 Å². The van der Waals surface area contributed by atoms with Gasteiger partial charge in [-0.1, -0.05) is 48.6 Å². The average Bonchev–Trinajstić information content (AvgIpc) is 2.91. The lowest BCUT2D eigenvalue weighted by Crippen LogP contribution is -2.28. The van der Waals surface area contributed by atoms with Crippen LogP contribution in [0.4, 0.5) is 0 Å². The third-order valence-corrected chi connectivity index (χ3v) is 4.24. The van der Waals surface area contributed by atoms with E-state index in [1.165, 1.54) is 5.39 Å². The highest BCUT2D eigenvalue weighted by Gasteiger charge is 2.18. The van der Waals surface area contributed by atoms with Crippen LogP contribution in [-0.2, 0) is 7.05 Å². The maximum Gasteiger partial charge on any atom is 0.254 e. The second-order valence-electron chi connectivity index (χ2n) is 6.31. The lowest BCUT2D eigenvalue weighted by molar-refractivity contribution is 0.0807. The molecule has 0 aliphatic heterocycles. The highest BCUT2D eigenvalue weighted by atomic mass is 16.2. The Labute approximate surface area is 142 Å². The van der Waals surface area contributed by atoms with E-state index >= 15 is 0 Å². The van der Waals surface area contributed by atoms with Crippen molar-refractivity contribution in [1.82, 2.24) is 9.47 Å². The lowest BCUT2D eigenvalue weighted by atomic mass is 10.0. The molecule has 0 bridgehead atoms. The van der Waals surface area contributed by atoms with Crippen LogP contribution in [0.3, 0.4) is 0 Å². The van der Waals surface area contributed by atoms with Crippen LogP contribution in [0.5, 0.6) is 0 Å². The molecule has 0 saturated carbocycles. The monoisotopic (exact) mass is 318 g/mol. The minimum absolute atomic E-state index is 0.0128. The van der Waals surface area contributed by atoms with Crippen molar-refractivity contribution in [3.8, 4) is 11.3 Å². The number of hydrogen-bond acceptors (Lipinski definition) is 1. The molecule has 1 aromatic heterocycles. The van der Waals surface area contributed by atoms with E-state index in [-0.39, 0.29) is 5.91 Å². The first-order valence-corrected chi connectivity index (χ1v) is 8.02. The molecule has 0 aliphatic rings. The summed E-state index contributed by atoms with van der Waals surface area (Å²) in [6, 6.07) is 18.2. The Hall–Kier alpha value is -2.81. The molecule has 3 aromatic rings. The molecule has 3 nitrogen and oxygen atoms in total. The van der Waals surface area contributed by atoms with Gasteiger partial charge in [0.15, 0.2) is 0 Å². The van der Waals surface area contributed by atoms with Crippen molar-refractivity contribution in [1.29, 1.82) is 0 Å². The minimum atomic E-state index is 0.0128. The Kier molecular flexibility index (Phi) is 4.26. The minimum Gasteiger partial charge on any atom is -0.344 e. The summed E-state index contributed by atoms with van der Waals surface area (Å²) in [7, 11) is 3.85. The Bertz CT molecular complexity index is 920. The topological polar surface area (TPSA) is 25.2 Å². The highest BCUT2D eigenvalue weighted by Crippen LogP contribution is 2.30. The first kappa shape index (κ1) is 16.1. The number of fused-ring (bicyclic) bond motifs is 1. The third-order valence-electron chi connectivity index (χ3n) is 4.24. The second kappa shape index (κ2) is 6.36. The van der Waals surface area contributed by atoms with Gasteiger partial charge in [0.1, 0.15) is 0 Å². The van der Waals surface area contributed by atoms with Gasteiger partial charge in [0.05, 0.1) is 0 Å². The summed E-state index contributed by atoms with van der Waals surface area (Å²) in [6.07, 6.45) is 0. The lowest BCUT2D eigenvalue weighted by Gasteiger charge is -2.19. The predicted molar refractivity (Wildman–Crippen MR) is 100 cm³/mol. The largest absolute Gasteiger partial charge is 0.344 e. The van der Waals surface area contributed by atoms with E-state index in [0.29, 0.717) is 12.1 Å². The fourth-order valence-electron chi connectivity index (χ4n) is 3.12. The van der Waals surface area contributed by atoms with Gasteiger partial charge in [-0.2, -0.15) is 0 Å². The zero-order chi connectivity index (χ0) is 17.3. The van der Waals surface area contributed by atoms with Crippen molar-refractivity contribution in [2.45, 2.75) is 6.92 Å². The number of benzene rings is 2. The maximum atomic E-state index is 12.9. The molecule has 0 N–H and O–H groups in total. The quantitative estimate of drug-likeness (QED) is 0.651. The second-order valence-corrected chi connectivity index (χ2v) is 6.31. The molecule has 0 unspecified atom stereocenters. The number of carbonyl (C=O) groups is 1. The molecule has 24 heavy (non-hydrogen) atoms. The number of rotatable bonds is 4. The molecular weight excluding hydrogens is 296 g/mol. The van der Waals surface area contributed by atoms with Gasteiger partial charge in [0.2, 0.25) is 0 Å². The molecule has 2 aromatic carbocycles. The number of likely N-dealkylation sites (N-methyl/N-ethyl adjacent to an activating group) is 1. The molecule has 0 aliphatic carbocycles. The van der Waals surface area contributed by atoms with Crippen LogP contribution >= 0.6 is 0 Å². The summed E-state index contributed by atoms with van der Waals surface area (Å²) in [5.41, 5.74) is 4.84. The van der Waals surface area contributed by atoms with E-state index in [1.807, 2.05) is 57.4 Å². The van der Waals surface area contributed by atoms with Gasteiger partial charge in [-0.05, 0) is 25.1 Å². The van der Waals surface area contributed by atoms with Crippen LogP contribution in [0, 0.1) is 0 Å². The summed E-state index contributed by atoms with van der Waals surface area (Å²) in [5, 5.41) is 1.17. The summed E-state index contributed by atoms with van der Waals surface area (Å²) >= 11 is 0. The predicted octanol–water partition coefficient (Wildman–Crippen LogP) is 4.49. The van der Waals surface area contributed by atoms with Gasteiger partial charge in [0.25, 0.3) is 5.91 Å². The van der Waals surface area contributed by atoms with Crippen molar-refractivity contribution in [2.75, 3.05) is 13.6 Å². The number of para-hydroxylation sites is 1. The Balaban J connectivity index is 2.10. The maximum absolute atomic E-state index is 12.9. The number of nitrogens with zero attached hydrogens (tertiary/aromatic N) is 2. The van der Waals surface area contributed by atoms with Crippen LogP contribution in [-0.4, -0.2) is 29.0 Å².